The minimum Gasteiger partial charge on any atom is -0.493 e. The van der Waals surface area contributed by atoms with Gasteiger partial charge in [-0.2, -0.15) is 0 Å². The van der Waals surface area contributed by atoms with Gasteiger partial charge in [0, 0.05) is 12.8 Å². The molecule has 1 aliphatic rings. The summed E-state index contributed by atoms with van der Waals surface area (Å²) in [6.45, 7) is 0.675. The Bertz CT molecular complexity index is 389. The summed E-state index contributed by atoms with van der Waals surface area (Å²) in [5, 5.41) is 8.73. The fourth-order valence-corrected chi connectivity index (χ4v) is 1.77. The first-order valence-electron chi connectivity index (χ1n) is 4.90. The third-order valence-electron chi connectivity index (χ3n) is 2.55. The van der Waals surface area contributed by atoms with Gasteiger partial charge in [-0.25, -0.2) is 0 Å². The summed E-state index contributed by atoms with van der Waals surface area (Å²) < 4.78 is 5.46. The van der Waals surface area contributed by atoms with Gasteiger partial charge in [0.25, 0.3) is 0 Å². The lowest BCUT2D eigenvalue weighted by Gasteiger charge is -2.10. The number of carbonyl (C=O) groups is 1. The van der Waals surface area contributed by atoms with Crippen LogP contribution in [-0.2, 0) is 17.6 Å². The molecule has 3 N–H and O–H groups in total. The minimum atomic E-state index is -0.981. The number of nitrogens with two attached hydrogens (primary N) is 1. The Balaban J connectivity index is 2.22. The summed E-state index contributed by atoms with van der Waals surface area (Å²) >= 11 is 0. The molecule has 15 heavy (non-hydrogen) atoms. The van der Waals surface area contributed by atoms with E-state index < -0.39 is 12.0 Å². The Kier molecular flexibility index (Phi) is 2.60. The molecule has 1 aromatic carbocycles. The van der Waals surface area contributed by atoms with E-state index in [4.69, 9.17) is 15.6 Å². The van der Waals surface area contributed by atoms with Gasteiger partial charge in [0.15, 0.2) is 0 Å². The van der Waals surface area contributed by atoms with Crippen molar-refractivity contribution >= 4 is 5.97 Å². The van der Waals surface area contributed by atoms with Gasteiger partial charge >= 0.3 is 5.97 Å². The average molecular weight is 207 g/mol. The van der Waals surface area contributed by atoms with Crippen molar-refractivity contribution < 1.29 is 14.6 Å². The van der Waals surface area contributed by atoms with Crippen LogP contribution in [0, 0.1) is 0 Å². The summed E-state index contributed by atoms with van der Waals surface area (Å²) in [5.41, 5.74) is 7.52. The number of carboxylic acids is 1. The molecule has 0 aliphatic carbocycles. The Morgan fingerprint density at radius 2 is 2.40 bits per heavy atom. The zero-order valence-electron chi connectivity index (χ0n) is 8.27. The fraction of sp³-hybridized carbons (Fsp3) is 0.364. The van der Waals surface area contributed by atoms with E-state index in [-0.39, 0.29) is 0 Å². The van der Waals surface area contributed by atoms with Crippen LogP contribution >= 0.6 is 0 Å². The maximum absolute atomic E-state index is 10.6. The van der Waals surface area contributed by atoms with Crippen molar-refractivity contribution in [1.29, 1.82) is 0 Å². The predicted molar refractivity (Wildman–Crippen MR) is 55.0 cm³/mol. The van der Waals surface area contributed by atoms with E-state index in [0.29, 0.717) is 13.0 Å². The molecule has 0 spiro atoms. The molecular formula is C11H13NO3. The van der Waals surface area contributed by atoms with E-state index in [2.05, 4.69) is 0 Å². The lowest BCUT2D eigenvalue weighted by Crippen LogP contribution is -2.32. The van der Waals surface area contributed by atoms with Crippen LogP contribution in [0.5, 0.6) is 5.75 Å². The van der Waals surface area contributed by atoms with E-state index in [1.807, 2.05) is 18.2 Å². The third kappa shape index (κ3) is 1.94. The molecule has 1 heterocycles. The van der Waals surface area contributed by atoms with Crippen molar-refractivity contribution in [3.8, 4) is 5.75 Å². The van der Waals surface area contributed by atoms with Crippen LogP contribution in [0.25, 0.3) is 0 Å². The highest BCUT2D eigenvalue weighted by atomic mass is 16.5. The maximum atomic E-state index is 10.6. The van der Waals surface area contributed by atoms with Crippen LogP contribution in [0.4, 0.5) is 0 Å². The van der Waals surface area contributed by atoms with Crippen LogP contribution in [0.15, 0.2) is 18.2 Å². The number of rotatable bonds is 3. The molecular weight excluding hydrogens is 194 g/mol. The summed E-state index contributed by atoms with van der Waals surface area (Å²) in [6.07, 6.45) is 1.21. The molecule has 0 radical (unpaired) electrons. The zero-order valence-corrected chi connectivity index (χ0v) is 8.27. The highest BCUT2D eigenvalue weighted by Gasteiger charge is 2.19. The highest BCUT2D eigenvalue weighted by Crippen LogP contribution is 2.29. The van der Waals surface area contributed by atoms with Crippen LogP contribution in [-0.4, -0.2) is 23.7 Å². The van der Waals surface area contributed by atoms with Crippen LogP contribution < -0.4 is 10.5 Å². The van der Waals surface area contributed by atoms with Crippen LogP contribution in [0.1, 0.15) is 11.1 Å². The molecule has 80 valence electrons. The molecule has 2 rings (SSSR count). The first-order chi connectivity index (χ1) is 7.18. The number of benzene rings is 1. The molecule has 4 heteroatoms. The largest absolute Gasteiger partial charge is 0.493 e. The van der Waals surface area contributed by atoms with Gasteiger partial charge in [-0.05, 0) is 11.1 Å². The van der Waals surface area contributed by atoms with Crippen molar-refractivity contribution in [2.45, 2.75) is 18.9 Å². The molecule has 0 bridgehead atoms. The quantitative estimate of drug-likeness (QED) is 0.760. The Labute approximate surface area is 87.7 Å². The topological polar surface area (TPSA) is 72.5 Å². The van der Waals surface area contributed by atoms with Gasteiger partial charge in [0.1, 0.15) is 11.8 Å². The molecule has 1 aromatic rings. The van der Waals surface area contributed by atoms with Crippen molar-refractivity contribution in [1.82, 2.24) is 0 Å². The summed E-state index contributed by atoms with van der Waals surface area (Å²) in [7, 11) is 0. The molecule has 0 unspecified atom stereocenters. The summed E-state index contributed by atoms with van der Waals surface area (Å²) in [5.74, 6) is -0.153. The Hall–Kier alpha value is -1.55. The first-order valence-corrected chi connectivity index (χ1v) is 4.90. The Morgan fingerprint density at radius 3 is 3.13 bits per heavy atom. The van der Waals surface area contributed by atoms with E-state index in [0.717, 1.165) is 23.3 Å². The number of aliphatic carboxylic acids is 1. The first kappa shape index (κ1) is 9.98. The SMILES string of the molecule is N[C@H](Cc1cccc2c1OCC2)C(=O)O. The van der Waals surface area contributed by atoms with Crippen molar-refractivity contribution in [2.24, 2.45) is 5.73 Å². The van der Waals surface area contributed by atoms with E-state index in [9.17, 15) is 4.79 Å². The minimum absolute atomic E-state index is 0.318. The van der Waals surface area contributed by atoms with E-state index in [1.54, 1.807) is 0 Å². The lowest BCUT2D eigenvalue weighted by atomic mass is 10.0. The number of hydrogen-bond donors (Lipinski definition) is 2. The van der Waals surface area contributed by atoms with E-state index in [1.165, 1.54) is 0 Å². The standard InChI is InChI=1S/C11H13NO3/c12-9(11(13)14)6-8-3-1-2-7-4-5-15-10(7)8/h1-3,9H,4-6,12H2,(H,13,14)/t9-/m1/s1. The summed E-state index contributed by atoms with van der Waals surface area (Å²) in [6, 6.07) is 4.92. The van der Waals surface area contributed by atoms with Crippen molar-refractivity contribution in [3.63, 3.8) is 0 Å². The number of carboxylic acid groups (broad SMARTS) is 1. The molecule has 0 aromatic heterocycles. The monoisotopic (exact) mass is 207 g/mol. The van der Waals surface area contributed by atoms with Gasteiger partial charge < -0.3 is 15.6 Å². The van der Waals surface area contributed by atoms with Crippen LogP contribution in [0.2, 0.25) is 0 Å². The fourth-order valence-electron chi connectivity index (χ4n) is 1.77. The molecule has 0 amide bonds. The second-order valence-electron chi connectivity index (χ2n) is 3.65. The predicted octanol–water partition coefficient (Wildman–Crippen LogP) is 0.576. The van der Waals surface area contributed by atoms with Crippen molar-refractivity contribution in [3.05, 3.63) is 29.3 Å². The van der Waals surface area contributed by atoms with Gasteiger partial charge in [-0.1, -0.05) is 18.2 Å². The van der Waals surface area contributed by atoms with Gasteiger partial charge in [0.05, 0.1) is 6.61 Å². The molecule has 4 nitrogen and oxygen atoms in total. The molecule has 0 fully saturated rings. The maximum Gasteiger partial charge on any atom is 0.320 e. The molecule has 0 saturated carbocycles. The smallest absolute Gasteiger partial charge is 0.320 e. The number of fused-ring (bicyclic) bond motifs is 1. The van der Waals surface area contributed by atoms with Gasteiger partial charge in [0.2, 0.25) is 0 Å². The molecule has 1 atom stereocenters. The normalized spacial score (nSPS) is 15.5. The Morgan fingerprint density at radius 1 is 1.60 bits per heavy atom. The molecule has 1 aliphatic heterocycles. The van der Waals surface area contributed by atoms with Crippen LogP contribution in [0.3, 0.4) is 0 Å². The third-order valence-corrected chi connectivity index (χ3v) is 2.55. The van der Waals surface area contributed by atoms with Crippen molar-refractivity contribution in [2.75, 3.05) is 6.61 Å². The number of hydrogen-bond acceptors (Lipinski definition) is 3. The van der Waals surface area contributed by atoms with Gasteiger partial charge in [-0.3, -0.25) is 4.79 Å². The number of ether oxygens (including phenoxy) is 1. The lowest BCUT2D eigenvalue weighted by molar-refractivity contribution is -0.138. The van der Waals surface area contributed by atoms with Gasteiger partial charge in [-0.15, -0.1) is 0 Å². The number of para-hydroxylation sites is 1. The molecule has 0 saturated heterocycles. The summed E-state index contributed by atoms with van der Waals surface area (Å²) in [4.78, 5) is 10.6. The second-order valence-corrected chi connectivity index (χ2v) is 3.65. The second kappa shape index (κ2) is 3.90. The zero-order chi connectivity index (χ0) is 10.8. The van der Waals surface area contributed by atoms with E-state index >= 15 is 0 Å². The average Bonchev–Trinajstić information content (AvgIpc) is 2.66. The highest BCUT2D eigenvalue weighted by molar-refractivity contribution is 5.73.